The maximum absolute atomic E-state index is 11.4. The summed E-state index contributed by atoms with van der Waals surface area (Å²) in [7, 11) is -2.84. The Balaban J connectivity index is 2.14. The van der Waals surface area contributed by atoms with E-state index >= 15 is 0 Å². The number of nitrogens with zero attached hydrogens (tertiary/aromatic N) is 2. The summed E-state index contributed by atoms with van der Waals surface area (Å²) in [6, 6.07) is 0.135. The summed E-state index contributed by atoms with van der Waals surface area (Å²) in [5, 5.41) is 3.31. The lowest BCUT2D eigenvalue weighted by atomic mass is 10.0. The van der Waals surface area contributed by atoms with Crippen molar-refractivity contribution in [2.75, 3.05) is 22.6 Å². The molecule has 1 aliphatic rings. The molecule has 0 aliphatic carbocycles. The van der Waals surface area contributed by atoms with Gasteiger partial charge in [-0.05, 0) is 18.8 Å². The molecule has 0 amide bonds. The Morgan fingerprint density at radius 3 is 2.53 bits per heavy atom. The van der Waals surface area contributed by atoms with Gasteiger partial charge in [-0.15, -0.1) is 0 Å². The van der Waals surface area contributed by atoms with Crippen LogP contribution in [0.25, 0.3) is 0 Å². The van der Waals surface area contributed by atoms with Gasteiger partial charge < -0.3 is 11.1 Å². The topological polar surface area (TPSA) is 98.0 Å². The van der Waals surface area contributed by atoms with Crippen molar-refractivity contribution in [3.8, 4) is 0 Å². The van der Waals surface area contributed by atoms with Gasteiger partial charge in [0.25, 0.3) is 0 Å². The minimum absolute atomic E-state index is 0.135. The van der Waals surface area contributed by atoms with Crippen LogP contribution in [-0.2, 0) is 9.84 Å². The third-order valence-corrected chi connectivity index (χ3v) is 5.10. The monoisotopic (exact) mass is 284 g/mol. The average molecular weight is 284 g/mol. The molecule has 2 heterocycles. The first kappa shape index (κ1) is 14.0. The van der Waals surface area contributed by atoms with Crippen LogP contribution < -0.4 is 11.1 Å². The summed E-state index contributed by atoms with van der Waals surface area (Å²) >= 11 is 0. The number of hydrogen-bond donors (Lipinski definition) is 2. The van der Waals surface area contributed by atoms with Crippen LogP contribution in [0.4, 0.5) is 11.6 Å². The maximum Gasteiger partial charge on any atom is 0.150 e. The van der Waals surface area contributed by atoms with Crippen LogP contribution in [0.15, 0.2) is 6.33 Å². The van der Waals surface area contributed by atoms with Crippen molar-refractivity contribution in [2.24, 2.45) is 0 Å². The van der Waals surface area contributed by atoms with Gasteiger partial charge in [0.15, 0.2) is 0 Å². The van der Waals surface area contributed by atoms with E-state index in [9.17, 15) is 8.42 Å². The van der Waals surface area contributed by atoms with Crippen LogP contribution in [0.5, 0.6) is 0 Å². The van der Waals surface area contributed by atoms with Crippen molar-refractivity contribution in [2.45, 2.75) is 38.6 Å². The Labute approximate surface area is 113 Å². The highest BCUT2D eigenvalue weighted by Gasteiger charge is 2.25. The zero-order valence-electron chi connectivity index (χ0n) is 11.3. The number of nitrogens with one attached hydrogen (secondary N) is 1. The van der Waals surface area contributed by atoms with Gasteiger partial charge >= 0.3 is 0 Å². The molecule has 1 aromatic heterocycles. The molecule has 0 bridgehead atoms. The molecule has 0 unspecified atom stereocenters. The fourth-order valence-electron chi connectivity index (χ4n) is 2.32. The lowest BCUT2D eigenvalue weighted by Crippen LogP contribution is -2.32. The molecular weight excluding hydrogens is 264 g/mol. The van der Waals surface area contributed by atoms with Crippen molar-refractivity contribution >= 4 is 21.5 Å². The lowest BCUT2D eigenvalue weighted by Gasteiger charge is -2.25. The Morgan fingerprint density at radius 2 is 1.95 bits per heavy atom. The maximum atomic E-state index is 11.4. The molecule has 0 spiro atoms. The molecule has 0 atom stereocenters. The molecule has 3 N–H and O–H groups in total. The Morgan fingerprint density at radius 1 is 1.32 bits per heavy atom. The summed E-state index contributed by atoms with van der Waals surface area (Å²) in [6.45, 7) is 4.07. The van der Waals surface area contributed by atoms with E-state index in [-0.39, 0.29) is 23.5 Å². The molecule has 106 valence electrons. The molecule has 6 nitrogen and oxygen atoms in total. The van der Waals surface area contributed by atoms with Crippen molar-refractivity contribution in [1.82, 2.24) is 9.97 Å². The van der Waals surface area contributed by atoms with Crippen LogP contribution in [0.3, 0.4) is 0 Å². The average Bonchev–Trinajstić information content (AvgIpc) is 2.31. The Bertz CT molecular complexity index is 543. The van der Waals surface area contributed by atoms with E-state index in [4.69, 9.17) is 5.73 Å². The fraction of sp³-hybridized carbons (Fsp3) is 0.667. The second kappa shape index (κ2) is 5.32. The molecule has 1 saturated heterocycles. The molecule has 0 saturated carbocycles. The van der Waals surface area contributed by atoms with E-state index < -0.39 is 9.84 Å². The SMILES string of the molecule is CC(C)c1c(N)ncnc1NC1CCS(=O)(=O)CC1. The third-order valence-electron chi connectivity index (χ3n) is 3.39. The van der Waals surface area contributed by atoms with Crippen LogP contribution >= 0.6 is 0 Å². The van der Waals surface area contributed by atoms with Crippen LogP contribution in [0.2, 0.25) is 0 Å². The summed E-state index contributed by atoms with van der Waals surface area (Å²) < 4.78 is 22.8. The van der Waals surface area contributed by atoms with Gasteiger partial charge in [-0.1, -0.05) is 13.8 Å². The van der Waals surface area contributed by atoms with Gasteiger partial charge in [-0.3, -0.25) is 0 Å². The second-order valence-corrected chi connectivity index (χ2v) is 7.55. The molecule has 19 heavy (non-hydrogen) atoms. The number of anilines is 2. The number of sulfone groups is 1. The first-order valence-corrected chi connectivity index (χ1v) is 8.28. The van der Waals surface area contributed by atoms with Crippen LogP contribution in [0.1, 0.15) is 38.2 Å². The largest absolute Gasteiger partial charge is 0.383 e. The highest BCUT2D eigenvalue weighted by Crippen LogP contribution is 2.28. The van der Waals surface area contributed by atoms with E-state index in [2.05, 4.69) is 15.3 Å². The van der Waals surface area contributed by atoms with Gasteiger partial charge in [0.1, 0.15) is 27.8 Å². The number of hydrogen-bond acceptors (Lipinski definition) is 6. The van der Waals surface area contributed by atoms with Crippen molar-refractivity contribution in [3.05, 3.63) is 11.9 Å². The molecular formula is C12H20N4O2S. The molecule has 0 aromatic carbocycles. The second-order valence-electron chi connectivity index (χ2n) is 5.25. The molecule has 7 heteroatoms. The van der Waals surface area contributed by atoms with E-state index in [1.54, 1.807) is 0 Å². The van der Waals surface area contributed by atoms with Crippen molar-refractivity contribution in [3.63, 3.8) is 0 Å². The van der Waals surface area contributed by atoms with Gasteiger partial charge in [0.05, 0.1) is 11.5 Å². The minimum atomic E-state index is -2.84. The fourth-order valence-corrected chi connectivity index (χ4v) is 3.81. The highest BCUT2D eigenvalue weighted by molar-refractivity contribution is 7.91. The summed E-state index contributed by atoms with van der Waals surface area (Å²) in [4.78, 5) is 8.25. The van der Waals surface area contributed by atoms with Crippen LogP contribution in [-0.4, -0.2) is 35.9 Å². The van der Waals surface area contributed by atoms with Gasteiger partial charge in [0.2, 0.25) is 0 Å². The first-order valence-electron chi connectivity index (χ1n) is 6.46. The zero-order valence-corrected chi connectivity index (χ0v) is 12.1. The molecule has 1 aromatic rings. The van der Waals surface area contributed by atoms with E-state index in [1.807, 2.05) is 13.8 Å². The van der Waals surface area contributed by atoms with E-state index in [0.29, 0.717) is 18.7 Å². The molecule has 1 fully saturated rings. The van der Waals surface area contributed by atoms with Gasteiger partial charge in [0, 0.05) is 11.6 Å². The Hall–Kier alpha value is -1.37. The minimum Gasteiger partial charge on any atom is -0.383 e. The number of nitrogen functional groups attached to an aromatic ring is 1. The van der Waals surface area contributed by atoms with Gasteiger partial charge in [-0.25, -0.2) is 18.4 Å². The summed E-state index contributed by atoms with van der Waals surface area (Å²) in [5.41, 5.74) is 6.78. The first-order chi connectivity index (χ1) is 8.89. The standard InChI is InChI=1S/C12H20N4O2S/c1-8(2)10-11(13)14-7-15-12(10)16-9-3-5-19(17,18)6-4-9/h7-9H,3-6H2,1-2H3,(H3,13,14,15,16). The highest BCUT2D eigenvalue weighted by atomic mass is 32.2. The molecule has 0 radical (unpaired) electrons. The lowest BCUT2D eigenvalue weighted by molar-refractivity contribution is 0.558. The summed E-state index contributed by atoms with van der Waals surface area (Å²) in [5.74, 6) is 1.91. The number of aromatic nitrogens is 2. The van der Waals surface area contributed by atoms with E-state index in [1.165, 1.54) is 6.33 Å². The van der Waals surface area contributed by atoms with Gasteiger partial charge in [-0.2, -0.15) is 0 Å². The third kappa shape index (κ3) is 3.34. The zero-order chi connectivity index (χ0) is 14.0. The predicted octanol–water partition coefficient (Wildman–Crippen LogP) is 1.17. The molecule has 2 rings (SSSR count). The molecule has 1 aliphatic heterocycles. The Kier molecular flexibility index (Phi) is 3.93. The quantitative estimate of drug-likeness (QED) is 0.864. The van der Waals surface area contributed by atoms with Crippen molar-refractivity contribution < 1.29 is 8.42 Å². The normalized spacial score (nSPS) is 19.5. The summed E-state index contributed by atoms with van der Waals surface area (Å²) in [6.07, 6.45) is 2.66. The number of nitrogens with two attached hydrogens (primary N) is 1. The smallest absolute Gasteiger partial charge is 0.150 e. The van der Waals surface area contributed by atoms with Crippen molar-refractivity contribution in [1.29, 1.82) is 0 Å². The van der Waals surface area contributed by atoms with Crippen LogP contribution in [0, 0.1) is 0 Å². The number of rotatable bonds is 3. The van der Waals surface area contributed by atoms with E-state index in [0.717, 1.165) is 11.4 Å². The predicted molar refractivity (Wildman–Crippen MR) is 75.8 cm³/mol.